The molecule has 4 rings (SSSR count). The van der Waals surface area contributed by atoms with E-state index in [9.17, 15) is 9.59 Å². The minimum Gasteiger partial charge on any atom is -0.316 e. The summed E-state index contributed by atoms with van der Waals surface area (Å²) >= 11 is 0. The molecule has 8 nitrogen and oxygen atoms in total. The molecule has 3 heterocycles. The lowest BCUT2D eigenvalue weighted by Crippen LogP contribution is -2.23. The average Bonchev–Trinajstić information content (AvgIpc) is 3.09. The van der Waals surface area contributed by atoms with E-state index in [1.165, 1.54) is 4.68 Å². The first kappa shape index (κ1) is 18.7. The number of anilines is 1. The van der Waals surface area contributed by atoms with Crippen LogP contribution in [-0.2, 0) is 14.1 Å². The van der Waals surface area contributed by atoms with Gasteiger partial charge in [0.15, 0.2) is 5.65 Å². The van der Waals surface area contributed by atoms with Crippen molar-refractivity contribution in [1.29, 1.82) is 0 Å². The maximum Gasteiger partial charge on any atom is 0.295 e. The van der Waals surface area contributed by atoms with Crippen LogP contribution in [0.5, 0.6) is 0 Å². The summed E-state index contributed by atoms with van der Waals surface area (Å²) in [7, 11) is 3.61. The standard InChI is InChI=1S/C21H22N6O2/c1-12-17(11-16-13(2)24-25(4)19(16)22-12)20(28)23-18-14(3)26(5)27(21(18)29)15-9-7-6-8-10-15/h6-11H,1-5H3,(H,23,28). The Morgan fingerprint density at radius 1 is 1.03 bits per heavy atom. The lowest BCUT2D eigenvalue weighted by atomic mass is 10.1. The van der Waals surface area contributed by atoms with Gasteiger partial charge in [-0.2, -0.15) is 5.10 Å². The monoisotopic (exact) mass is 390 g/mol. The van der Waals surface area contributed by atoms with Crippen molar-refractivity contribution in [2.75, 3.05) is 5.32 Å². The molecule has 29 heavy (non-hydrogen) atoms. The summed E-state index contributed by atoms with van der Waals surface area (Å²) in [5.41, 5.74) is 3.88. The van der Waals surface area contributed by atoms with Gasteiger partial charge in [0.1, 0.15) is 5.69 Å². The first-order chi connectivity index (χ1) is 13.8. The molecular formula is C21H22N6O2. The summed E-state index contributed by atoms with van der Waals surface area (Å²) < 4.78 is 4.95. The van der Waals surface area contributed by atoms with Gasteiger partial charge in [0.2, 0.25) is 0 Å². The molecule has 0 atom stereocenters. The van der Waals surface area contributed by atoms with Gasteiger partial charge in [-0.05, 0) is 39.0 Å². The summed E-state index contributed by atoms with van der Waals surface area (Å²) in [6.45, 7) is 5.45. The van der Waals surface area contributed by atoms with Crippen molar-refractivity contribution in [3.05, 3.63) is 69.4 Å². The largest absolute Gasteiger partial charge is 0.316 e. The first-order valence-electron chi connectivity index (χ1n) is 9.26. The highest BCUT2D eigenvalue weighted by Crippen LogP contribution is 2.21. The van der Waals surface area contributed by atoms with Crippen molar-refractivity contribution >= 4 is 22.6 Å². The quantitative estimate of drug-likeness (QED) is 0.583. The number of hydrogen-bond donors (Lipinski definition) is 1. The van der Waals surface area contributed by atoms with Gasteiger partial charge in [-0.15, -0.1) is 0 Å². The van der Waals surface area contributed by atoms with E-state index in [4.69, 9.17) is 0 Å². The zero-order valence-electron chi connectivity index (χ0n) is 17.0. The molecule has 0 radical (unpaired) electrons. The molecule has 0 bridgehead atoms. The Morgan fingerprint density at radius 2 is 1.72 bits per heavy atom. The second kappa shape index (κ2) is 6.73. The second-order valence-electron chi connectivity index (χ2n) is 7.09. The van der Waals surface area contributed by atoms with Gasteiger partial charge in [-0.3, -0.25) is 19.0 Å². The van der Waals surface area contributed by atoms with Crippen LogP contribution >= 0.6 is 0 Å². The van der Waals surface area contributed by atoms with Crippen molar-refractivity contribution < 1.29 is 4.79 Å². The maximum absolute atomic E-state index is 13.0. The third-order valence-corrected chi connectivity index (χ3v) is 5.23. The Labute approximate surface area is 167 Å². The fourth-order valence-corrected chi connectivity index (χ4v) is 3.55. The van der Waals surface area contributed by atoms with E-state index in [1.807, 2.05) is 44.3 Å². The van der Waals surface area contributed by atoms with E-state index in [0.29, 0.717) is 17.0 Å². The van der Waals surface area contributed by atoms with Crippen molar-refractivity contribution in [3.63, 3.8) is 0 Å². The van der Waals surface area contributed by atoms with Crippen LogP contribution in [0, 0.1) is 20.8 Å². The molecule has 0 saturated heterocycles. The van der Waals surface area contributed by atoms with Crippen LogP contribution in [0.4, 0.5) is 5.69 Å². The smallest absolute Gasteiger partial charge is 0.295 e. The molecule has 0 fully saturated rings. The molecule has 1 N–H and O–H groups in total. The molecule has 0 saturated carbocycles. The molecule has 1 aromatic carbocycles. The predicted molar refractivity (Wildman–Crippen MR) is 112 cm³/mol. The van der Waals surface area contributed by atoms with Crippen LogP contribution in [-0.4, -0.2) is 30.0 Å². The maximum atomic E-state index is 13.0. The van der Waals surface area contributed by atoms with Crippen LogP contribution in [0.2, 0.25) is 0 Å². The topological polar surface area (TPSA) is 86.7 Å². The Morgan fingerprint density at radius 3 is 2.41 bits per heavy atom. The summed E-state index contributed by atoms with van der Waals surface area (Å²) in [5, 5.41) is 7.97. The average molecular weight is 390 g/mol. The van der Waals surface area contributed by atoms with E-state index in [0.717, 1.165) is 22.4 Å². The molecule has 148 valence electrons. The van der Waals surface area contributed by atoms with Crippen LogP contribution in [0.15, 0.2) is 41.2 Å². The molecule has 0 aliphatic rings. The number of fused-ring (bicyclic) bond motifs is 1. The Kier molecular flexibility index (Phi) is 4.34. The van der Waals surface area contributed by atoms with Crippen molar-refractivity contribution in [2.24, 2.45) is 14.1 Å². The molecule has 0 aliphatic carbocycles. The zero-order chi connectivity index (χ0) is 20.9. The summed E-state index contributed by atoms with van der Waals surface area (Å²) in [6, 6.07) is 11.1. The Bertz CT molecular complexity index is 1310. The fourth-order valence-electron chi connectivity index (χ4n) is 3.55. The number of aryl methyl sites for hydroxylation is 3. The number of nitrogens with zero attached hydrogens (tertiary/aromatic N) is 5. The Hall–Kier alpha value is -3.68. The molecule has 0 unspecified atom stereocenters. The molecule has 8 heteroatoms. The van der Waals surface area contributed by atoms with Gasteiger partial charge in [0.05, 0.1) is 28.3 Å². The van der Waals surface area contributed by atoms with Gasteiger partial charge in [-0.1, -0.05) is 18.2 Å². The number of benzene rings is 1. The van der Waals surface area contributed by atoms with Crippen molar-refractivity contribution in [1.82, 2.24) is 24.1 Å². The van der Waals surface area contributed by atoms with Crippen LogP contribution in [0.25, 0.3) is 16.7 Å². The highest BCUT2D eigenvalue weighted by molar-refractivity contribution is 6.07. The first-order valence-corrected chi connectivity index (χ1v) is 9.26. The molecule has 0 spiro atoms. The molecule has 0 aliphatic heterocycles. The number of amides is 1. The van der Waals surface area contributed by atoms with Gasteiger partial charge in [-0.25, -0.2) is 9.67 Å². The van der Waals surface area contributed by atoms with E-state index < -0.39 is 0 Å². The van der Waals surface area contributed by atoms with E-state index in [-0.39, 0.29) is 17.2 Å². The van der Waals surface area contributed by atoms with E-state index in [1.54, 1.807) is 36.3 Å². The minimum absolute atomic E-state index is 0.253. The lowest BCUT2D eigenvalue weighted by molar-refractivity contribution is 0.102. The van der Waals surface area contributed by atoms with Crippen LogP contribution in [0.1, 0.15) is 27.4 Å². The third kappa shape index (κ3) is 2.93. The van der Waals surface area contributed by atoms with Gasteiger partial charge in [0.25, 0.3) is 11.5 Å². The number of pyridine rings is 1. The number of nitrogens with one attached hydrogen (secondary N) is 1. The number of hydrogen-bond acceptors (Lipinski definition) is 4. The number of aromatic nitrogens is 5. The van der Waals surface area contributed by atoms with E-state index >= 15 is 0 Å². The fraction of sp³-hybridized carbons (Fsp3) is 0.238. The summed E-state index contributed by atoms with van der Waals surface area (Å²) in [5.74, 6) is -0.369. The van der Waals surface area contributed by atoms with E-state index in [2.05, 4.69) is 15.4 Å². The van der Waals surface area contributed by atoms with Gasteiger partial charge >= 0.3 is 0 Å². The summed E-state index contributed by atoms with van der Waals surface area (Å²) in [6.07, 6.45) is 0. The van der Waals surface area contributed by atoms with Gasteiger partial charge < -0.3 is 5.32 Å². The summed E-state index contributed by atoms with van der Waals surface area (Å²) in [4.78, 5) is 30.6. The number of carbonyl (C=O) groups is 1. The normalized spacial score (nSPS) is 11.2. The third-order valence-electron chi connectivity index (χ3n) is 5.23. The lowest BCUT2D eigenvalue weighted by Gasteiger charge is -2.07. The molecule has 1 amide bonds. The van der Waals surface area contributed by atoms with Crippen LogP contribution in [0.3, 0.4) is 0 Å². The highest BCUT2D eigenvalue weighted by Gasteiger charge is 2.21. The molecular weight excluding hydrogens is 368 g/mol. The molecule has 3 aromatic heterocycles. The SMILES string of the molecule is Cc1nc2c(cc1C(=O)Nc1c(C)n(C)n(-c3ccccc3)c1=O)c(C)nn2C. The van der Waals surface area contributed by atoms with Gasteiger partial charge in [0, 0.05) is 19.5 Å². The predicted octanol–water partition coefficient (Wildman–Crippen LogP) is 2.64. The Balaban J connectivity index is 1.77. The second-order valence-corrected chi connectivity index (χ2v) is 7.09. The molecule has 4 aromatic rings. The number of para-hydroxylation sites is 1. The number of rotatable bonds is 3. The van der Waals surface area contributed by atoms with Crippen molar-refractivity contribution in [3.8, 4) is 5.69 Å². The number of carbonyl (C=O) groups excluding carboxylic acids is 1. The highest BCUT2D eigenvalue weighted by atomic mass is 16.2. The van der Waals surface area contributed by atoms with Crippen molar-refractivity contribution in [2.45, 2.75) is 20.8 Å². The zero-order valence-corrected chi connectivity index (χ0v) is 17.0. The van der Waals surface area contributed by atoms with Crippen LogP contribution < -0.4 is 10.9 Å². The minimum atomic E-state index is -0.369.